The average Bonchev–Trinajstić information content (AvgIpc) is 2.87. The minimum atomic E-state index is 0.295. The molecule has 1 atom stereocenters. The number of hydrogen-bond acceptors (Lipinski definition) is 5. The molecule has 1 aromatic carbocycles. The van der Waals surface area contributed by atoms with Crippen LogP contribution >= 0.6 is 0 Å². The predicted molar refractivity (Wildman–Crippen MR) is 76.8 cm³/mol. The van der Waals surface area contributed by atoms with E-state index in [1.807, 2.05) is 25.2 Å². The molecular weight excluding hydrogens is 254 g/mol. The van der Waals surface area contributed by atoms with Crippen molar-refractivity contribution < 1.29 is 9.26 Å². The molecule has 2 aromatic rings. The Balaban J connectivity index is 1.92. The number of rotatable bonds is 6. The molecule has 1 unspecified atom stereocenters. The van der Waals surface area contributed by atoms with Crippen molar-refractivity contribution in [3.05, 3.63) is 41.0 Å². The molecule has 0 bridgehead atoms. The van der Waals surface area contributed by atoms with Gasteiger partial charge in [-0.3, -0.25) is 0 Å². The van der Waals surface area contributed by atoms with E-state index in [2.05, 4.69) is 36.2 Å². The van der Waals surface area contributed by atoms with Crippen LogP contribution in [0.5, 0.6) is 5.75 Å². The highest BCUT2D eigenvalue weighted by Crippen LogP contribution is 2.17. The van der Waals surface area contributed by atoms with Crippen molar-refractivity contribution in [2.45, 2.75) is 39.8 Å². The zero-order valence-electron chi connectivity index (χ0n) is 12.4. The average molecular weight is 275 g/mol. The van der Waals surface area contributed by atoms with E-state index >= 15 is 0 Å². The number of nitrogens with one attached hydrogen (secondary N) is 1. The zero-order valence-corrected chi connectivity index (χ0v) is 12.4. The third-order valence-electron chi connectivity index (χ3n) is 3.33. The molecule has 0 amide bonds. The first-order chi connectivity index (χ1) is 9.58. The van der Waals surface area contributed by atoms with Crippen LogP contribution in [0, 0.1) is 13.8 Å². The zero-order chi connectivity index (χ0) is 14.5. The van der Waals surface area contributed by atoms with Crippen LogP contribution in [-0.2, 0) is 13.0 Å². The molecule has 0 aliphatic heterocycles. The molecule has 0 saturated heterocycles. The number of hydrogen-bond donors (Lipinski definition) is 1. The third kappa shape index (κ3) is 3.81. The van der Waals surface area contributed by atoms with Crippen LogP contribution in [-0.4, -0.2) is 23.2 Å². The topological polar surface area (TPSA) is 60.2 Å². The smallest absolute Gasteiger partial charge is 0.264 e. The maximum atomic E-state index is 5.66. The van der Waals surface area contributed by atoms with Crippen molar-refractivity contribution in [2.24, 2.45) is 0 Å². The number of likely N-dealkylation sites (N-methyl/N-ethyl adjacent to an activating group) is 1. The molecule has 0 fully saturated rings. The van der Waals surface area contributed by atoms with Crippen LogP contribution in [0.1, 0.15) is 29.8 Å². The SMILES string of the molecule is CNC(C)Cc1noc(COc2ccc(C)c(C)c2)n1. The Labute approximate surface area is 119 Å². The lowest BCUT2D eigenvalue weighted by Crippen LogP contribution is -2.24. The van der Waals surface area contributed by atoms with Gasteiger partial charge in [0.15, 0.2) is 12.4 Å². The van der Waals surface area contributed by atoms with Crippen molar-refractivity contribution in [1.29, 1.82) is 0 Å². The van der Waals surface area contributed by atoms with E-state index in [9.17, 15) is 0 Å². The number of aryl methyl sites for hydroxylation is 2. The lowest BCUT2D eigenvalue weighted by atomic mass is 10.1. The van der Waals surface area contributed by atoms with E-state index in [1.54, 1.807) is 0 Å². The normalized spacial score (nSPS) is 12.4. The van der Waals surface area contributed by atoms with E-state index in [0.29, 0.717) is 24.4 Å². The maximum Gasteiger partial charge on any atom is 0.264 e. The quantitative estimate of drug-likeness (QED) is 0.877. The molecule has 0 aliphatic carbocycles. The second kappa shape index (κ2) is 6.52. The van der Waals surface area contributed by atoms with Gasteiger partial charge >= 0.3 is 0 Å². The van der Waals surface area contributed by atoms with Gasteiger partial charge in [0.05, 0.1) is 0 Å². The van der Waals surface area contributed by atoms with Gasteiger partial charge in [0.25, 0.3) is 5.89 Å². The molecule has 1 aromatic heterocycles. The molecule has 0 spiro atoms. The summed E-state index contributed by atoms with van der Waals surface area (Å²) in [6.07, 6.45) is 0.740. The number of benzene rings is 1. The van der Waals surface area contributed by atoms with E-state index in [4.69, 9.17) is 9.26 Å². The highest BCUT2D eigenvalue weighted by Gasteiger charge is 2.10. The summed E-state index contributed by atoms with van der Waals surface area (Å²) < 4.78 is 10.8. The fraction of sp³-hybridized carbons (Fsp3) is 0.467. The molecule has 2 rings (SSSR count). The van der Waals surface area contributed by atoms with E-state index in [0.717, 1.165) is 12.2 Å². The molecule has 1 heterocycles. The second-order valence-corrected chi connectivity index (χ2v) is 5.03. The molecule has 108 valence electrons. The van der Waals surface area contributed by atoms with Gasteiger partial charge in [0.2, 0.25) is 0 Å². The fourth-order valence-electron chi connectivity index (χ4n) is 1.76. The summed E-state index contributed by atoms with van der Waals surface area (Å²) in [6.45, 7) is 6.50. The van der Waals surface area contributed by atoms with E-state index in [-0.39, 0.29) is 0 Å². The molecule has 0 saturated carbocycles. The largest absolute Gasteiger partial charge is 0.484 e. The summed E-state index contributed by atoms with van der Waals surface area (Å²) in [6, 6.07) is 6.32. The van der Waals surface area contributed by atoms with Crippen LogP contribution in [0.2, 0.25) is 0 Å². The van der Waals surface area contributed by atoms with Gasteiger partial charge in [-0.15, -0.1) is 0 Å². The van der Waals surface area contributed by atoms with Crippen LogP contribution in [0.25, 0.3) is 0 Å². The molecule has 1 N–H and O–H groups in total. The highest BCUT2D eigenvalue weighted by molar-refractivity contribution is 5.33. The van der Waals surface area contributed by atoms with Crippen molar-refractivity contribution in [3.8, 4) is 5.75 Å². The summed E-state index contributed by atoms with van der Waals surface area (Å²) in [4.78, 5) is 4.31. The van der Waals surface area contributed by atoms with Gasteiger partial charge in [-0.2, -0.15) is 4.98 Å². The van der Waals surface area contributed by atoms with E-state index < -0.39 is 0 Å². The minimum Gasteiger partial charge on any atom is -0.484 e. The van der Waals surface area contributed by atoms with Gasteiger partial charge < -0.3 is 14.6 Å². The summed E-state index contributed by atoms with van der Waals surface area (Å²) in [5.74, 6) is 2.02. The predicted octanol–water partition coefficient (Wildman–Crippen LogP) is 2.42. The number of aromatic nitrogens is 2. The van der Waals surface area contributed by atoms with Crippen molar-refractivity contribution in [3.63, 3.8) is 0 Å². The third-order valence-corrected chi connectivity index (χ3v) is 3.33. The monoisotopic (exact) mass is 275 g/mol. The minimum absolute atomic E-state index is 0.295. The van der Waals surface area contributed by atoms with Crippen LogP contribution in [0.3, 0.4) is 0 Å². The molecular formula is C15H21N3O2. The Morgan fingerprint density at radius 2 is 2.10 bits per heavy atom. The molecule has 5 heteroatoms. The second-order valence-electron chi connectivity index (χ2n) is 5.03. The molecule has 5 nitrogen and oxygen atoms in total. The Morgan fingerprint density at radius 3 is 2.80 bits per heavy atom. The maximum absolute atomic E-state index is 5.66. The molecule has 0 radical (unpaired) electrons. The number of ether oxygens (including phenoxy) is 1. The van der Waals surface area contributed by atoms with Crippen molar-refractivity contribution in [1.82, 2.24) is 15.5 Å². The highest BCUT2D eigenvalue weighted by atomic mass is 16.5. The van der Waals surface area contributed by atoms with Crippen molar-refractivity contribution in [2.75, 3.05) is 7.05 Å². The van der Waals surface area contributed by atoms with Gasteiger partial charge in [0, 0.05) is 12.5 Å². The van der Waals surface area contributed by atoms with Crippen LogP contribution < -0.4 is 10.1 Å². The van der Waals surface area contributed by atoms with Crippen LogP contribution in [0.15, 0.2) is 22.7 Å². The fourth-order valence-corrected chi connectivity index (χ4v) is 1.76. The Hall–Kier alpha value is -1.88. The van der Waals surface area contributed by atoms with E-state index in [1.165, 1.54) is 11.1 Å². The Morgan fingerprint density at radius 1 is 1.30 bits per heavy atom. The lowest BCUT2D eigenvalue weighted by Gasteiger charge is -2.06. The number of nitrogens with zero attached hydrogens (tertiary/aromatic N) is 2. The molecule has 0 aliphatic rings. The van der Waals surface area contributed by atoms with Gasteiger partial charge in [-0.05, 0) is 51.1 Å². The van der Waals surface area contributed by atoms with Crippen LogP contribution in [0.4, 0.5) is 0 Å². The first-order valence-electron chi connectivity index (χ1n) is 6.77. The summed E-state index contributed by atoms with van der Waals surface area (Å²) >= 11 is 0. The Kier molecular flexibility index (Phi) is 4.74. The van der Waals surface area contributed by atoms with Gasteiger partial charge in [-0.1, -0.05) is 11.2 Å². The first-order valence-corrected chi connectivity index (χ1v) is 6.77. The summed E-state index contributed by atoms with van der Waals surface area (Å²) in [5, 5.41) is 7.08. The van der Waals surface area contributed by atoms with Gasteiger partial charge in [-0.25, -0.2) is 0 Å². The lowest BCUT2D eigenvalue weighted by molar-refractivity contribution is 0.242. The first kappa shape index (κ1) is 14.5. The van der Waals surface area contributed by atoms with Gasteiger partial charge in [0.1, 0.15) is 5.75 Å². The van der Waals surface area contributed by atoms with Crippen molar-refractivity contribution >= 4 is 0 Å². The molecule has 20 heavy (non-hydrogen) atoms. The Bertz CT molecular complexity index is 566. The standard InChI is InChI=1S/C15H21N3O2/c1-10-5-6-13(7-11(10)2)19-9-15-17-14(18-20-15)8-12(3)16-4/h5-7,12,16H,8-9H2,1-4H3. The summed E-state index contributed by atoms with van der Waals surface area (Å²) in [7, 11) is 1.91. The summed E-state index contributed by atoms with van der Waals surface area (Å²) in [5.41, 5.74) is 2.45.